The summed E-state index contributed by atoms with van der Waals surface area (Å²) in [5, 5.41) is 8.92. The molecule has 0 aliphatic heterocycles. The van der Waals surface area contributed by atoms with Crippen molar-refractivity contribution >= 4 is 16.9 Å². The van der Waals surface area contributed by atoms with Crippen LogP contribution in [0.3, 0.4) is 0 Å². The van der Waals surface area contributed by atoms with Gasteiger partial charge in [-0.3, -0.25) is 4.68 Å². The Labute approximate surface area is 142 Å². The fourth-order valence-electron chi connectivity index (χ4n) is 2.64. The molecule has 3 aromatic heterocycles. The molecule has 1 N–H and O–H groups in total. The first-order valence-corrected chi connectivity index (χ1v) is 8.29. The summed E-state index contributed by atoms with van der Waals surface area (Å²) >= 11 is 0. The van der Waals surface area contributed by atoms with Crippen molar-refractivity contribution in [1.82, 2.24) is 29.3 Å². The van der Waals surface area contributed by atoms with Crippen LogP contribution in [0.2, 0.25) is 0 Å². The second-order valence-corrected chi connectivity index (χ2v) is 7.17. The molecule has 0 fully saturated rings. The van der Waals surface area contributed by atoms with Gasteiger partial charge in [0.1, 0.15) is 11.6 Å². The van der Waals surface area contributed by atoms with Gasteiger partial charge in [0.2, 0.25) is 0 Å². The minimum atomic E-state index is 0.0517. The monoisotopic (exact) mass is 327 g/mol. The summed E-state index contributed by atoms with van der Waals surface area (Å²) in [6.07, 6.45) is 8.25. The number of rotatable bonds is 5. The molecule has 0 radical (unpaired) electrons. The van der Waals surface area contributed by atoms with Crippen molar-refractivity contribution in [1.29, 1.82) is 0 Å². The Morgan fingerprint density at radius 1 is 1.25 bits per heavy atom. The highest BCUT2D eigenvalue weighted by Crippen LogP contribution is 2.27. The first kappa shape index (κ1) is 16.4. The van der Waals surface area contributed by atoms with Gasteiger partial charge < -0.3 is 9.88 Å². The molecule has 0 spiro atoms. The van der Waals surface area contributed by atoms with E-state index in [0.717, 1.165) is 35.6 Å². The Balaban J connectivity index is 1.98. The van der Waals surface area contributed by atoms with E-state index in [1.807, 2.05) is 25.8 Å². The average molecular weight is 327 g/mol. The van der Waals surface area contributed by atoms with E-state index in [4.69, 9.17) is 4.98 Å². The quantitative estimate of drug-likeness (QED) is 0.780. The van der Waals surface area contributed by atoms with Crippen LogP contribution in [0, 0.1) is 5.41 Å². The lowest BCUT2D eigenvalue weighted by molar-refractivity contribution is 0.311. The van der Waals surface area contributed by atoms with E-state index in [9.17, 15) is 0 Å². The van der Waals surface area contributed by atoms with E-state index < -0.39 is 0 Å². The van der Waals surface area contributed by atoms with Crippen LogP contribution in [0.4, 0.5) is 5.82 Å². The van der Waals surface area contributed by atoms with E-state index in [2.05, 4.69) is 52.6 Å². The number of aromatic nitrogens is 6. The van der Waals surface area contributed by atoms with E-state index in [-0.39, 0.29) is 11.5 Å². The molecule has 0 aliphatic carbocycles. The Kier molecular flexibility index (Phi) is 4.26. The Morgan fingerprint density at radius 2 is 2.04 bits per heavy atom. The highest BCUT2D eigenvalue weighted by molar-refractivity contribution is 5.86. The molecule has 0 aliphatic rings. The fraction of sp³-hybridized carbons (Fsp3) is 0.529. The lowest BCUT2D eigenvalue weighted by Gasteiger charge is -2.32. The van der Waals surface area contributed by atoms with E-state index >= 15 is 0 Å². The van der Waals surface area contributed by atoms with Gasteiger partial charge in [0.05, 0.1) is 24.0 Å². The lowest BCUT2D eigenvalue weighted by atomic mass is 9.86. The van der Waals surface area contributed by atoms with Crippen molar-refractivity contribution in [3.63, 3.8) is 0 Å². The Hall–Kier alpha value is -2.44. The van der Waals surface area contributed by atoms with Gasteiger partial charge in [-0.2, -0.15) is 5.10 Å². The van der Waals surface area contributed by atoms with Crippen molar-refractivity contribution in [2.45, 2.75) is 46.7 Å². The number of anilines is 1. The van der Waals surface area contributed by atoms with Gasteiger partial charge in [0.15, 0.2) is 5.65 Å². The van der Waals surface area contributed by atoms with Crippen LogP contribution in [0.1, 0.15) is 33.5 Å². The van der Waals surface area contributed by atoms with Gasteiger partial charge in [-0.25, -0.2) is 15.0 Å². The molecular formula is C17H25N7. The molecule has 0 unspecified atom stereocenters. The molecule has 7 nitrogen and oxygen atoms in total. The molecular weight excluding hydrogens is 302 g/mol. The SMILES string of the molecule is CCc1nc(N[C@H](Cn2ccnc2)C(C)(C)C)c2cnn(C)c2n1. The molecule has 3 aromatic rings. The molecule has 0 saturated heterocycles. The van der Waals surface area contributed by atoms with Crippen molar-refractivity contribution in [2.75, 3.05) is 5.32 Å². The number of imidazole rings is 1. The molecule has 0 saturated carbocycles. The third kappa shape index (κ3) is 3.25. The van der Waals surface area contributed by atoms with Crippen LogP contribution < -0.4 is 5.32 Å². The first-order chi connectivity index (χ1) is 11.4. The average Bonchev–Trinajstić information content (AvgIpc) is 3.16. The third-order valence-corrected chi connectivity index (χ3v) is 4.26. The topological polar surface area (TPSA) is 73.5 Å². The zero-order valence-electron chi connectivity index (χ0n) is 15.0. The predicted octanol–water partition coefficient (Wildman–Crippen LogP) is 2.65. The fourth-order valence-corrected chi connectivity index (χ4v) is 2.64. The first-order valence-electron chi connectivity index (χ1n) is 8.29. The number of hydrogen-bond donors (Lipinski definition) is 1. The van der Waals surface area contributed by atoms with Crippen LogP contribution in [0.15, 0.2) is 24.9 Å². The minimum absolute atomic E-state index is 0.0517. The molecule has 3 heterocycles. The number of nitrogens with zero attached hydrogens (tertiary/aromatic N) is 6. The Morgan fingerprint density at radius 3 is 2.67 bits per heavy atom. The molecule has 24 heavy (non-hydrogen) atoms. The molecule has 0 aromatic carbocycles. The van der Waals surface area contributed by atoms with E-state index in [1.165, 1.54) is 0 Å². The highest BCUT2D eigenvalue weighted by atomic mass is 15.3. The second kappa shape index (κ2) is 6.22. The maximum absolute atomic E-state index is 4.71. The molecule has 128 valence electrons. The predicted molar refractivity (Wildman–Crippen MR) is 94.8 cm³/mol. The Bertz CT molecular complexity index is 811. The lowest BCUT2D eigenvalue weighted by Crippen LogP contribution is -2.38. The number of hydrogen-bond acceptors (Lipinski definition) is 5. The summed E-state index contributed by atoms with van der Waals surface area (Å²) < 4.78 is 3.88. The molecule has 7 heteroatoms. The van der Waals surface area contributed by atoms with Crippen molar-refractivity contribution in [3.8, 4) is 0 Å². The summed E-state index contributed by atoms with van der Waals surface area (Å²) in [6, 6.07) is 0.190. The third-order valence-electron chi connectivity index (χ3n) is 4.26. The zero-order chi connectivity index (χ0) is 17.3. The zero-order valence-corrected chi connectivity index (χ0v) is 15.0. The number of nitrogens with one attached hydrogen (secondary N) is 1. The minimum Gasteiger partial charge on any atom is -0.364 e. The molecule has 0 bridgehead atoms. The van der Waals surface area contributed by atoms with Gasteiger partial charge in [0, 0.05) is 32.4 Å². The standard InChI is InChI=1S/C17H25N7/c1-6-14-21-15(12-9-19-23(5)16(12)22-14)20-13(17(2,3)4)10-24-8-7-18-11-24/h7-9,11,13H,6,10H2,1-5H3,(H,20,21,22)/t13-/m1/s1. The van der Waals surface area contributed by atoms with Crippen molar-refractivity contribution in [3.05, 3.63) is 30.7 Å². The van der Waals surface area contributed by atoms with Crippen LogP contribution in [0.5, 0.6) is 0 Å². The van der Waals surface area contributed by atoms with Crippen LogP contribution in [-0.4, -0.2) is 35.3 Å². The van der Waals surface area contributed by atoms with Gasteiger partial charge in [-0.15, -0.1) is 0 Å². The molecule has 1 atom stereocenters. The van der Waals surface area contributed by atoms with Gasteiger partial charge >= 0.3 is 0 Å². The summed E-state index contributed by atoms with van der Waals surface area (Å²) in [7, 11) is 1.91. The van der Waals surface area contributed by atoms with Gasteiger partial charge in [-0.05, 0) is 5.41 Å². The summed E-state index contributed by atoms with van der Waals surface area (Å²) in [6.45, 7) is 9.56. The van der Waals surface area contributed by atoms with Gasteiger partial charge in [0.25, 0.3) is 0 Å². The van der Waals surface area contributed by atoms with Crippen LogP contribution in [-0.2, 0) is 20.0 Å². The summed E-state index contributed by atoms with van der Waals surface area (Å²) in [5.74, 6) is 1.67. The van der Waals surface area contributed by atoms with Crippen molar-refractivity contribution in [2.24, 2.45) is 12.5 Å². The van der Waals surface area contributed by atoms with Gasteiger partial charge in [-0.1, -0.05) is 27.7 Å². The maximum Gasteiger partial charge on any atom is 0.163 e. The van der Waals surface area contributed by atoms with Crippen LogP contribution >= 0.6 is 0 Å². The van der Waals surface area contributed by atoms with E-state index in [1.54, 1.807) is 10.9 Å². The van der Waals surface area contributed by atoms with E-state index in [0.29, 0.717) is 0 Å². The number of fused-ring (bicyclic) bond motifs is 1. The maximum atomic E-state index is 4.71. The highest BCUT2D eigenvalue weighted by Gasteiger charge is 2.26. The molecule has 0 amide bonds. The molecule has 3 rings (SSSR count). The second-order valence-electron chi connectivity index (χ2n) is 7.17. The largest absolute Gasteiger partial charge is 0.364 e. The summed E-state index contributed by atoms with van der Waals surface area (Å²) in [4.78, 5) is 13.4. The smallest absolute Gasteiger partial charge is 0.163 e. The summed E-state index contributed by atoms with van der Waals surface area (Å²) in [5.41, 5.74) is 0.912. The number of aryl methyl sites for hydroxylation is 2. The normalized spacial score (nSPS) is 13.4. The van der Waals surface area contributed by atoms with Crippen LogP contribution in [0.25, 0.3) is 11.0 Å². The van der Waals surface area contributed by atoms with Crippen molar-refractivity contribution < 1.29 is 0 Å².